The number of aromatic amines is 1. The van der Waals surface area contributed by atoms with Gasteiger partial charge in [0.05, 0.1) is 41.7 Å². The Balaban J connectivity index is 1.67. The fraction of sp³-hybridized carbons (Fsp3) is 0.174. The number of hydrogen-bond donors (Lipinski definition) is 1. The number of benzene rings is 2. The van der Waals surface area contributed by atoms with E-state index in [9.17, 15) is 9.59 Å². The molecule has 0 radical (unpaired) electrons. The van der Waals surface area contributed by atoms with Gasteiger partial charge in [-0.25, -0.2) is 9.36 Å². The first-order chi connectivity index (χ1) is 15.1. The normalized spacial score (nSPS) is 14.2. The van der Waals surface area contributed by atoms with E-state index in [2.05, 4.69) is 14.9 Å². The first-order valence-corrected chi connectivity index (χ1v) is 10.3. The van der Waals surface area contributed by atoms with Gasteiger partial charge in [0.1, 0.15) is 0 Å². The highest BCUT2D eigenvalue weighted by atomic mass is 35.5. The molecule has 2 aromatic heterocycles. The summed E-state index contributed by atoms with van der Waals surface area (Å²) < 4.78 is 6.57. The largest absolute Gasteiger partial charge is 0.378 e. The summed E-state index contributed by atoms with van der Waals surface area (Å²) in [4.78, 5) is 35.5. The van der Waals surface area contributed by atoms with E-state index in [1.54, 1.807) is 30.6 Å². The van der Waals surface area contributed by atoms with Gasteiger partial charge in [0.25, 0.3) is 5.56 Å². The lowest BCUT2D eigenvalue weighted by molar-refractivity contribution is 0.122. The second-order valence-electron chi connectivity index (χ2n) is 7.27. The topological polar surface area (TPSA) is 80.2 Å². The van der Waals surface area contributed by atoms with Crippen LogP contribution in [0.4, 0.5) is 5.69 Å². The van der Waals surface area contributed by atoms with Crippen molar-refractivity contribution in [2.45, 2.75) is 0 Å². The van der Waals surface area contributed by atoms with Crippen molar-refractivity contribution < 1.29 is 4.74 Å². The predicted octanol–water partition coefficient (Wildman–Crippen LogP) is 3.23. The van der Waals surface area contributed by atoms with Gasteiger partial charge in [-0.2, -0.15) is 0 Å². The van der Waals surface area contributed by atoms with E-state index in [0.29, 0.717) is 47.9 Å². The van der Waals surface area contributed by atoms with Gasteiger partial charge in [-0.1, -0.05) is 35.9 Å². The van der Waals surface area contributed by atoms with Crippen molar-refractivity contribution in [3.63, 3.8) is 0 Å². The molecule has 2 aromatic carbocycles. The van der Waals surface area contributed by atoms with Crippen molar-refractivity contribution in [1.29, 1.82) is 0 Å². The zero-order valence-electron chi connectivity index (χ0n) is 16.5. The number of aromatic nitrogens is 3. The lowest BCUT2D eigenvalue weighted by Gasteiger charge is -2.30. The Morgan fingerprint density at radius 3 is 2.61 bits per heavy atom. The summed E-state index contributed by atoms with van der Waals surface area (Å²) in [6, 6.07) is 14.6. The van der Waals surface area contributed by atoms with Gasteiger partial charge in [0.15, 0.2) is 0 Å². The van der Waals surface area contributed by atoms with Crippen molar-refractivity contribution in [1.82, 2.24) is 14.5 Å². The average molecular weight is 435 g/mol. The minimum absolute atomic E-state index is 0.396. The molecule has 8 heteroatoms. The van der Waals surface area contributed by atoms with Crippen LogP contribution >= 0.6 is 11.6 Å². The van der Waals surface area contributed by atoms with Crippen LogP contribution in [0.15, 0.2) is 70.5 Å². The number of rotatable bonds is 3. The Labute approximate surface area is 182 Å². The standard InChI is InChI=1S/C23H19ClN4O3/c24-18-4-2-1-3-16(18)15-5-6-17-19(13-15)26-23(30)28(22(17)29)21-14-25-8-7-20(21)27-9-11-31-12-10-27/h1-8,13-14H,9-12H2,(H,26,30). The Morgan fingerprint density at radius 1 is 1.00 bits per heavy atom. The summed E-state index contributed by atoms with van der Waals surface area (Å²) >= 11 is 6.31. The van der Waals surface area contributed by atoms with Crippen LogP contribution < -0.4 is 16.1 Å². The van der Waals surface area contributed by atoms with Crippen molar-refractivity contribution in [2.75, 3.05) is 31.2 Å². The Morgan fingerprint density at radius 2 is 1.81 bits per heavy atom. The second-order valence-corrected chi connectivity index (χ2v) is 7.68. The maximum absolute atomic E-state index is 13.3. The summed E-state index contributed by atoms with van der Waals surface area (Å²) in [5.74, 6) is 0. The minimum atomic E-state index is -0.517. The Kier molecular flexibility index (Phi) is 5.05. The number of H-pyrrole nitrogens is 1. The number of halogens is 1. The molecule has 5 rings (SSSR count). The molecular weight excluding hydrogens is 416 g/mol. The van der Waals surface area contributed by atoms with Gasteiger partial charge in [0, 0.05) is 29.9 Å². The maximum Gasteiger partial charge on any atom is 0.333 e. The van der Waals surface area contributed by atoms with E-state index in [1.165, 1.54) is 0 Å². The summed E-state index contributed by atoms with van der Waals surface area (Å²) in [6.45, 7) is 2.54. The van der Waals surface area contributed by atoms with Crippen molar-refractivity contribution in [2.24, 2.45) is 0 Å². The molecule has 1 aliphatic rings. The summed E-state index contributed by atoms with van der Waals surface area (Å²) in [5, 5.41) is 1.01. The third-order valence-corrected chi connectivity index (χ3v) is 5.78. The van der Waals surface area contributed by atoms with Crippen LogP contribution in [0.1, 0.15) is 0 Å². The van der Waals surface area contributed by atoms with E-state index in [0.717, 1.165) is 21.4 Å². The van der Waals surface area contributed by atoms with Crippen LogP contribution in [0.25, 0.3) is 27.7 Å². The van der Waals surface area contributed by atoms with Gasteiger partial charge < -0.3 is 14.6 Å². The number of fused-ring (bicyclic) bond motifs is 1. The van der Waals surface area contributed by atoms with Crippen molar-refractivity contribution in [3.8, 4) is 16.8 Å². The molecule has 0 spiro atoms. The highest BCUT2D eigenvalue weighted by Crippen LogP contribution is 2.29. The fourth-order valence-corrected chi connectivity index (χ4v) is 4.17. The van der Waals surface area contributed by atoms with E-state index in [4.69, 9.17) is 16.3 Å². The van der Waals surface area contributed by atoms with Gasteiger partial charge >= 0.3 is 5.69 Å². The smallest absolute Gasteiger partial charge is 0.333 e. The molecule has 0 aliphatic carbocycles. The van der Waals surface area contributed by atoms with E-state index < -0.39 is 11.2 Å². The molecule has 1 aliphatic heterocycles. The molecule has 1 saturated heterocycles. The van der Waals surface area contributed by atoms with Crippen LogP contribution in [0.5, 0.6) is 0 Å². The average Bonchev–Trinajstić information content (AvgIpc) is 2.80. The number of anilines is 1. The van der Waals surface area contributed by atoms with Crippen LogP contribution in [0.3, 0.4) is 0 Å². The van der Waals surface area contributed by atoms with E-state index in [-0.39, 0.29) is 0 Å². The number of ether oxygens (including phenoxy) is 1. The van der Waals surface area contributed by atoms with Crippen LogP contribution in [-0.4, -0.2) is 40.8 Å². The molecule has 0 atom stereocenters. The number of morpholine rings is 1. The molecule has 4 aromatic rings. The molecular formula is C23H19ClN4O3. The molecule has 1 N–H and O–H groups in total. The third kappa shape index (κ3) is 3.52. The van der Waals surface area contributed by atoms with Crippen LogP contribution in [0.2, 0.25) is 5.02 Å². The number of pyridine rings is 1. The number of hydrogen-bond acceptors (Lipinski definition) is 5. The Bertz CT molecular complexity index is 1390. The number of nitrogens with zero attached hydrogens (tertiary/aromatic N) is 3. The summed E-state index contributed by atoms with van der Waals surface area (Å²) in [7, 11) is 0. The molecule has 0 saturated carbocycles. The third-order valence-electron chi connectivity index (χ3n) is 5.45. The lowest BCUT2D eigenvalue weighted by atomic mass is 10.0. The molecule has 0 unspecified atom stereocenters. The van der Waals surface area contributed by atoms with Crippen LogP contribution in [-0.2, 0) is 4.74 Å². The monoisotopic (exact) mass is 434 g/mol. The number of nitrogens with one attached hydrogen (secondary N) is 1. The Hall–Kier alpha value is -3.42. The summed E-state index contributed by atoms with van der Waals surface area (Å²) in [6.07, 6.45) is 3.20. The molecule has 156 valence electrons. The quantitative estimate of drug-likeness (QED) is 0.535. The molecule has 31 heavy (non-hydrogen) atoms. The van der Waals surface area contributed by atoms with Gasteiger partial charge in [0.2, 0.25) is 0 Å². The first kappa shape index (κ1) is 19.5. The molecule has 0 amide bonds. The van der Waals surface area contributed by atoms with Crippen molar-refractivity contribution in [3.05, 3.63) is 86.8 Å². The predicted molar refractivity (Wildman–Crippen MR) is 121 cm³/mol. The minimum Gasteiger partial charge on any atom is -0.378 e. The fourth-order valence-electron chi connectivity index (χ4n) is 3.92. The van der Waals surface area contributed by atoms with E-state index in [1.807, 2.05) is 30.3 Å². The van der Waals surface area contributed by atoms with E-state index >= 15 is 0 Å². The van der Waals surface area contributed by atoms with Gasteiger partial charge in [-0.15, -0.1) is 0 Å². The van der Waals surface area contributed by atoms with Crippen molar-refractivity contribution >= 4 is 28.2 Å². The highest BCUT2D eigenvalue weighted by molar-refractivity contribution is 6.33. The first-order valence-electron chi connectivity index (χ1n) is 9.94. The SMILES string of the molecule is O=c1[nH]c2cc(-c3ccccc3Cl)ccc2c(=O)n1-c1cnccc1N1CCOCC1. The van der Waals surface area contributed by atoms with Gasteiger partial charge in [-0.05, 0) is 29.8 Å². The molecule has 3 heterocycles. The maximum atomic E-state index is 13.3. The van der Waals surface area contributed by atoms with Crippen LogP contribution in [0, 0.1) is 0 Å². The second kappa shape index (κ2) is 8.02. The lowest BCUT2D eigenvalue weighted by Crippen LogP contribution is -2.39. The zero-order valence-corrected chi connectivity index (χ0v) is 17.3. The zero-order chi connectivity index (χ0) is 21.4. The molecule has 0 bridgehead atoms. The summed E-state index contributed by atoms with van der Waals surface area (Å²) in [5.41, 5.74) is 2.42. The molecule has 7 nitrogen and oxygen atoms in total. The van der Waals surface area contributed by atoms with Gasteiger partial charge in [-0.3, -0.25) is 9.78 Å². The molecule has 1 fully saturated rings. The highest BCUT2D eigenvalue weighted by Gasteiger charge is 2.19.